The van der Waals surface area contributed by atoms with E-state index in [4.69, 9.17) is 9.47 Å². The number of fused-ring (bicyclic) bond motifs is 1. The molecule has 1 aliphatic rings. The average molecular weight is 300 g/mol. The standard InChI is InChI=1S/C16H20N4O2/c1-21-9-11-5-6-12(10-22-2)20(11)16-13(8-17)15-14(19-16)4-3-7-18-15/h3-4,7,11-12,19H,5-6,9-10H2,1-2H3/t11-,12-/m0/s1. The van der Waals surface area contributed by atoms with E-state index >= 15 is 0 Å². The molecule has 2 aromatic heterocycles. The van der Waals surface area contributed by atoms with Gasteiger partial charge in [-0.25, -0.2) is 0 Å². The number of pyridine rings is 1. The van der Waals surface area contributed by atoms with E-state index in [0.29, 0.717) is 18.8 Å². The molecule has 6 heteroatoms. The summed E-state index contributed by atoms with van der Waals surface area (Å²) in [6.07, 6.45) is 3.76. The third kappa shape index (κ3) is 2.43. The lowest BCUT2D eigenvalue weighted by Gasteiger charge is -2.31. The van der Waals surface area contributed by atoms with Gasteiger partial charge < -0.3 is 19.4 Å². The maximum Gasteiger partial charge on any atom is 0.127 e. The normalized spacial score (nSPS) is 21.4. The molecular weight excluding hydrogens is 280 g/mol. The molecule has 0 aliphatic carbocycles. The summed E-state index contributed by atoms with van der Waals surface area (Å²) in [4.78, 5) is 9.95. The van der Waals surface area contributed by atoms with Crippen molar-refractivity contribution in [3.05, 3.63) is 23.9 Å². The van der Waals surface area contributed by atoms with Crippen LogP contribution >= 0.6 is 0 Å². The molecule has 3 heterocycles. The van der Waals surface area contributed by atoms with Gasteiger partial charge in [0.05, 0.1) is 30.8 Å². The Hall–Kier alpha value is -2.10. The Labute approximate surface area is 129 Å². The van der Waals surface area contributed by atoms with Crippen LogP contribution in [0, 0.1) is 11.3 Å². The number of nitriles is 1. The van der Waals surface area contributed by atoms with Gasteiger partial charge in [0.15, 0.2) is 0 Å². The van der Waals surface area contributed by atoms with Crippen molar-refractivity contribution in [2.45, 2.75) is 24.9 Å². The number of aromatic amines is 1. The average Bonchev–Trinajstić information content (AvgIpc) is 3.08. The summed E-state index contributed by atoms with van der Waals surface area (Å²) < 4.78 is 10.7. The minimum Gasteiger partial charge on any atom is -0.383 e. The zero-order valence-electron chi connectivity index (χ0n) is 12.9. The first-order valence-corrected chi connectivity index (χ1v) is 7.43. The lowest BCUT2D eigenvalue weighted by atomic mass is 10.2. The maximum absolute atomic E-state index is 9.60. The zero-order chi connectivity index (χ0) is 15.5. The van der Waals surface area contributed by atoms with Crippen LogP contribution in [0.1, 0.15) is 18.4 Å². The fourth-order valence-corrected chi connectivity index (χ4v) is 3.35. The highest BCUT2D eigenvalue weighted by Crippen LogP contribution is 2.35. The van der Waals surface area contributed by atoms with Gasteiger partial charge in [-0.15, -0.1) is 0 Å². The van der Waals surface area contributed by atoms with Gasteiger partial charge in [-0.3, -0.25) is 4.98 Å². The Balaban J connectivity index is 2.07. The van der Waals surface area contributed by atoms with E-state index in [1.54, 1.807) is 20.4 Å². The van der Waals surface area contributed by atoms with Crippen LogP contribution in [0.3, 0.4) is 0 Å². The Morgan fingerprint density at radius 1 is 1.32 bits per heavy atom. The first-order chi connectivity index (χ1) is 10.8. The van der Waals surface area contributed by atoms with Gasteiger partial charge in [0.1, 0.15) is 23.0 Å². The van der Waals surface area contributed by atoms with Crippen molar-refractivity contribution in [1.82, 2.24) is 9.97 Å². The highest BCUT2D eigenvalue weighted by molar-refractivity contribution is 5.88. The van der Waals surface area contributed by atoms with Gasteiger partial charge in [-0.1, -0.05) is 0 Å². The van der Waals surface area contributed by atoms with E-state index < -0.39 is 0 Å². The van der Waals surface area contributed by atoms with Gasteiger partial charge in [-0.05, 0) is 25.0 Å². The first kappa shape index (κ1) is 14.8. The molecule has 1 N–H and O–H groups in total. The Morgan fingerprint density at radius 2 is 2.00 bits per heavy atom. The van der Waals surface area contributed by atoms with Crippen molar-refractivity contribution < 1.29 is 9.47 Å². The molecule has 1 fully saturated rings. The fourth-order valence-electron chi connectivity index (χ4n) is 3.35. The third-order valence-corrected chi connectivity index (χ3v) is 4.24. The van der Waals surface area contributed by atoms with Crippen LogP contribution in [0.4, 0.5) is 5.82 Å². The molecule has 0 spiro atoms. The van der Waals surface area contributed by atoms with Gasteiger partial charge in [0.2, 0.25) is 0 Å². The fraction of sp³-hybridized carbons (Fsp3) is 0.500. The number of hydrogen-bond acceptors (Lipinski definition) is 5. The van der Waals surface area contributed by atoms with E-state index in [-0.39, 0.29) is 12.1 Å². The Bertz CT molecular complexity index is 677. The van der Waals surface area contributed by atoms with E-state index in [1.165, 1.54) is 0 Å². The van der Waals surface area contributed by atoms with Crippen molar-refractivity contribution in [3.63, 3.8) is 0 Å². The smallest absolute Gasteiger partial charge is 0.127 e. The molecule has 1 aliphatic heterocycles. The van der Waals surface area contributed by atoms with Crippen molar-refractivity contribution >= 4 is 16.9 Å². The minimum atomic E-state index is 0.241. The first-order valence-electron chi connectivity index (χ1n) is 7.43. The topological polar surface area (TPSA) is 74.2 Å². The van der Waals surface area contributed by atoms with E-state index in [1.807, 2.05) is 12.1 Å². The number of anilines is 1. The summed E-state index contributed by atoms with van der Waals surface area (Å²) in [5.41, 5.74) is 2.20. The summed E-state index contributed by atoms with van der Waals surface area (Å²) in [6.45, 7) is 1.27. The van der Waals surface area contributed by atoms with Crippen LogP contribution in [0.5, 0.6) is 0 Å². The van der Waals surface area contributed by atoms with Crippen LogP contribution in [0.25, 0.3) is 11.0 Å². The molecule has 2 aromatic rings. The number of H-pyrrole nitrogens is 1. The summed E-state index contributed by atoms with van der Waals surface area (Å²) >= 11 is 0. The van der Waals surface area contributed by atoms with Crippen LogP contribution in [0.15, 0.2) is 18.3 Å². The SMILES string of the molecule is COC[C@@H]1CC[C@@H](COC)N1c1[nH]c2cccnc2c1C#N. The molecule has 6 nitrogen and oxygen atoms in total. The number of nitrogens with one attached hydrogen (secondary N) is 1. The molecule has 0 amide bonds. The Morgan fingerprint density at radius 3 is 2.59 bits per heavy atom. The highest BCUT2D eigenvalue weighted by atomic mass is 16.5. The quantitative estimate of drug-likeness (QED) is 0.915. The third-order valence-electron chi connectivity index (χ3n) is 4.24. The molecule has 3 rings (SSSR count). The number of methoxy groups -OCH3 is 2. The monoisotopic (exact) mass is 300 g/mol. The largest absolute Gasteiger partial charge is 0.383 e. The van der Waals surface area contributed by atoms with E-state index in [0.717, 1.165) is 29.7 Å². The highest BCUT2D eigenvalue weighted by Gasteiger charge is 2.36. The second kappa shape index (κ2) is 6.34. The van der Waals surface area contributed by atoms with E-state index in [9.17, 15) is 5.26 Å². The van der Waals surface area contributed by atoms with Crippen LogP contribution in [-0.2, 0) is 9.47 Å². The molecule has 0 bridgehead atoms. The molecule has 1 saturated heterocycles. The van der Waals surface area contributed by atoms with Gasteiger partial charge in [0.25, 0.3) is 0 Å². The number of rotatable bonds is 5. The molecule has 0 saturated carbocycles. The van der Waals surface area contributed by atoms with Crippen LogP contribution in [0.2, 0.25) is 0 Å². The zero-order valence-corrected chi connectivity index (χ0v) is 12.9. The second-order valence-corrected chi connectivity index (χ2v) is 5.56. The van der Waals surface area contributed by atoms with Crippen molar-refractivity contribution in [1.29, 1.82) is 5.26 Å². The number of ether oxygens (including phenoxy) is 2. The molecule has 116 valence electrons. The molecule has 2 atom stereocenters. The molecule has 22 heavy (non-hydrogen) atoms. The van der Waals surface area contributed by atoms with Gasteiger partial charge in [0, 0.05) is 20.4 Å². The lowest BCUT2D eigenvalue weighted by Crippen LogP contribution is -2.41. The van der Waals surface area contributed by atoms with Crippen molar-refractivity contribution in [2.75, 3.05) is 32.3 Å². The number of hydrogen-bond donors (Lipinski definition) is 1. The number of aromatic nitrogens is 2. The molecule has 0 aromatic carbocycles. The predicted octanol–water partition coefficient (Wildman–Crippen LogP) is 2.06. The maximum atomic E-state index is 9.60. The summed E-state index contributed by atoms with van der Waals surface area (Å²) in [5.74, 6) is 0.831. The van der Waals surface area contributed by atoms with Crippen molar-refractivity contribution in [2.24, 2.45) is 0 Å². The van der Waals surface area contributed by atoms with Crippen LogP contribution in [-0.4, -0.2) is 49.5 Å². The molecule has 0 unspecified atom stereocenters. The summed E-state index contributed by atoms with van der Waals surface area (Å²) in [7, 11) is 3.42. The minimum absolute atomic E-state index is 0.241. The van der Waals surface area contributed by atoms with Gasteiger partial charge >= 0.3 is 0 Å². The van der Waals surface area contributed by atoms with Crippen molar-refractivity contribution in [3.8, 4) is 6.07 Å². The molecular formula is C16H20N4O2. The lowest BCUT2D eigenvalue weighted by molar-refractivity contribution is 0.167. The summed E-state index contributed by atoms with van der Waals surface area (Å²) in [6, 6.07) is 6.60. The van der Waals surface area contributed by atoms with E-state index in [2.05, 4.69) is 20.9 Å². The summed E-state index contributed by atoms with van der Waals surface area (Å²) in [5, 5.41) is 9.60. The number of nitrogens with zero attached hydrogens (tertiary/aromatic N) is 3. The van der Waals surface area contributed by atoms with Gasteiger partial charge in [-0.2, -0.15) is 5.26 Å². The molecule has 0 radical (unpaired) electrons. The predicted molar refractivity (Wildman–Crippen MR) is 83.8 cm³/mol. The van der Waals surface area contributed by atoms with Crippen LogP contribution < -0.4 is 4.90 Å². The Kier molecular flexibility index (Phi) is 4.27. The second-order valence-electron chi connectivity index (χ2n) is 5.56.